The van der Waals surface area contributed by atoms with Gasteiger partial charge in [-0.1, -0.05) is 22.9 Å². The van der Waals surface area contributed by atoms with Crippen LogP contribution in [0.3, 0.4) is 0 Å². The van der Waals surface area contributed by atoms with Crippen LogP contribution in [0.5, 0.6) is 5.06 Å². The lowest BCUT2D eigenvalue weighted by Gasteiger charge is -2.31. The van der Waals surface area contributed by atoms with E-state index in [0.717, 1.165) is 49.5 Å². The smallest absolute Gasteiger partial charge is 0.420 e. The Labute approximate surface area is 219 Å². The van der Waals surface area contributed by atoms with Gasteiger partial charge in [0.15, 0.2) is 10.9 Å². The highest BCUT2D eigenvalue weighted by Gasteiger charge is 2.37. The minimum absolute atomic E-state index is 0.0901. The third-order valence-corrected chi connectivity index (χ3v) is 8.08. The molecule has 9 nitrogen and oxygen atoms in total. The van der Waals surface area contributed by atoms with Gasteiger partial charge in [0.05, 0.1) is 28.7 Å². The normalized spacial score (nSPS) is 19.2. The Kier molecular flexibility index (Phi) is 6.24. The quantitative estimate of drug-likeness (QED) is 0.471. The zero-order chi connectivity index (χ0) is 25.7. The number of hydrogen-bond acceptors (Lipinski definition) is 8. The van der Waals surface area contributed by atoms with Crippen LogP contribution in [0.15, 0.2) is 18.5 Å². The number of amides is 1. The Morgan fingerprint density at radius 2 is 1.97 bits per heavy atom. The van der Waals surface area contributed by atoms with Crippen molar-refractivity contribution < 1.29 is 22.7 Å². The molecular formula is C23H23ClF3N7O2S. The van der Waals surface area contributed by atoms with E-state index in [1.807, 2.05) is 4.68 Å². The molecule has 3 aromatic rings. The van der Waals surface area contributed by atoms with Gasteiger partial charge in [-0.25, -0.2) is 9.97 Å². The summed E-state index contributed by atoms with van der Waals surface area (Å²) in [6.45, 7) is 2.56. The van der Waals surface area contributed by atoms with Crippen LogP contribution in [0.2, 0.25) is 5.02 Å². The minimum atomic E-state index is -4.70. The van der Waals surface area contributed by atoms with Crippen LogP contribution in [0, 0.1) is 0 Å². The zero-order valence-corrected chi connectivity index (χ0v) is 21.1. The molecule has 3 aromatic heterocycles. The molecule has 1 saturated carbocycles. The predicted octanol–water partition coefficient (Wildman–Crippen LogP) is 4.74. The Hall–Kier alpha value is -2.90. The van der Waals surface area contributed by atoms with Crippen molar-refractivity contribution in [2.75, 3.05) is 31.6 Å². The molecule has 1 saturated heterocycles. The molecule has 6 rings (SSSR count). The summed E-state index contributed by atoms with van der Waals surface area (Å²) in [5.41, 5.74) is -1.20. The number of nitrogens with zero attached hydrogens (tertiary/aromatic N) is 5. The van der Waals surface area contributed by atoms with Crippen LogP contribution in [0.1, 0.15) is 47.6 Å². The molecule has 37 heavy (non-hydrogen) atoms. The summed E-state index contributed by atoms with van der Waals surface area (Å²) < 4.78 is 48.8. The molecule has 5 heterocycles. The summed E-state index contributed by atoms with van der Waals surface area (Å²) in [6, 6.07) is 2.28. The molecular weight excluding hydrogens is 531 g/mol. The van der Waals surface area contributed by atoms with Crippen molar-refractivity contribution in [2.24, 2.45) is 0 Å². The van der Waals surface area contributed by atoms with Crippen LogP contribution in [-0.4, -0.2) is 62.8 Å². The largest absolute Gasteiger partial charge is 0.481 e. The third-order valence-electron chi connectivity index (χ3n) is 6.74. The summed E-state index contributed by atoms with van der Waals surface area (Å²) in [5.74, 6) is -0.231. The maximum atomic E-state index is 13.8. The number of halogens is 4. The summed E-state index contributed by atoms with van der Waals surface area (Å²) in [7, 11) is 0. The molecule has 0 spiro atoms. The highest BCUT2D eigenvalue weighted by atomic mass is 35.5. The molecule has 3 aliphatic rings. The first-order valence-corrected chi connectivity index (χ1v) is 13.2. The average molecular weight is 554 g/mol. The number of nitrogens with one attached hydrogen (secondary N) is 2. The van der Waals surface area contributed by atoms with Crippen LogP contribution in [0.4, 0.5) is 24.9 Å². The molecule has 2 fully saturated rings. The number of alkyl halides is 3. The molecule has 1 amide bonds. The fourth-order valence-electron chi connectivity index (χ4n) is 4.70. The van der Waals surface area contributed by atoms with Gasteiger partial charge >= 0.3 is 6.18 Å². The van der Waals surface area contributed by atoms with Crippen molar-refractivity contribution in [1.82, 2.24) is 30.0 Å². The highest BCUT2D eigenvalue weighted by Crippen LogP contribution is 2.43. The number of likely N-dealkylation sites (tertiary alicyclic amines) is 1. The van der Waals surface area contributed by atoms with Crippen molar-refractivity contribution in [3.63, 3.8) is 0 Å². The molecule has 0 radical (unpaired) electrons. The van der Waals surface area contributed by atoms with Crippen molar-refractivity contribution >= 4 is 40.6 Å². The van der Waals surface area contributed by atoms with Gasteiger partial charge in [-0.2, -0.15) is 18.3 Å². The number of carbonyl (C=O) groups excluding carboxylic acids is 1. The second-order valence-corrected chi connectivity index (χ2v) is 10.7. The first-order chi connectivity index (χ1) is 17.8. The molecule has 14 heteroatoms. The van der Waals surface area contributed by atoms with Gasteiger partial charge in [-0.05, 0) is 31.7 Å². The fraction of sp³-hybridized carbons (Fsp3) is 0.478. The topological polar surface area (TPSA) is 97.2 Å². The van der Waals surface area contributed by atoms with Crippen LogP contribution >= 0.6 is 22.9 Å². The number of thiophene rings is 1. The van der Waals surface area contributed by atoms with Gasteiger partial charge in [-0.15, -0.1) is 0 Å². The van der Waals surface area contributed by atoms with E-state index < -0.39 is 17.6 Å². The Bertz CT molecular complexity index is 1330. The molecule has 196 valence electrons. The molecule has 2 N–H and O–H groups in total. The van der Waals surface area contributed by atoms with Crippen molar-refractivity contribution in [3.05, 3.63) is 34.6 Å². The van der Waals surface area contributed by atoms with Crippen molar-refractivity contribution in [3.8, 4) is 15.6 Å². The maximum Gasteiger partial charge on any atom is 0.420 e. The van der Waals surface area contributed by atoms with Crippen LogP contribution in [0.25, 0.3) is 10.6 Å². The number of ether oxygens (including phenoxy) is 1. The monoisotopic (exact) mass is 553 g/mol. The Morgan fingerprint density at radius 1 is 1.19 bits per heavy atom. The van der Waals surface area contributed by atoms with Crippen molar-refractivity contribution in [2.45, 2.75) is 43.9 Å². The van der Waals surface area contributed by atoms with E-state index in [2.05, 4.69) is 30.6 Å². The van der Waals surface area contributed by atoms with E-state index in [9.17, 15) is 18.0 Å². The average Bonchev–Trinajstić information content (AvgIpc) is 3.58. The standard InChI is InChI=1S/C23H23ClF3N7O2S/c24-16-11-34(13-3-6-33(7-4-13)12-1-2-12)32-19(16)31-22-29-10-15(23(25,26)27)18(30-22)17-9-14-20(35)28-5-8-36-21(14)37-17/h9-13H,1-8H2,(H,28,35)(H,29,30,31,32). The Balaban J connectivity index is 1.27. The van der Waals surface area contributed by atoms with Gasteiger partial charge in [-0.3, -0.25) is 9.48 Å². The van der Waals surface area contributed by atoms with Gasteiger partial charge in [0.2, 0.25) is 5.95 Å². The first-order valence-electron chi connectivity index (χ1n) is 12.0. The number of hydrogen-bond donors (Lipinski definition) is 2. The summed E-state index contributed by atoms with van der Waals surface area (Å²) in [5, 5.41) is 10.6. The number of piperidine rings is 1. The molecule has 1 aliphatic carbocycles. The number of rotatable bonds is 5. The number of aromatic nitrogens is 4. The van der Waals surface area contributed by atoms with E-state index in [4.69, 9.17) is 16.3 Å². The van der Waals surface area contributed by atoms with Gasteiger partial charge in [0.25, 0.3) is 5.91 Å². The maximum absolute atomic E-state index is 13.8. The summed E-state index contributed by atoms with van der Waals surface area (Å²) in [4.78, 5) is 23.0. The van der Waals surface area contributed by atoms with Crippen molar-refractivity contribution in [1.29, 1.82) is 0 Å². The molecule has 0 atom stereocenters. The van der Waals surface area contributed by atoms with Gasteiger partial charge < -0.3 is 20.3 Å². The van der Waals surface area contributed by atoms with E-state index in [-0.39, 0.29) is 45.6 Å². The van der Waals surface area contributed by atoms with Crippen LogP contribution < -0.4 is 15.4 Å². The van der Waals surface area contributed by atoms with Crippen LogP contribution in [-0.2, 0) is 6.18 Å². The molecule has 0 unspecified atom stereocenters. The van der Waals surface area contributed by atoms with E-state index in [1.165, 1.54) is 18.9 Å². The predicted molar refractivity (Wildman–Crippen MR) is 132 cm³/mol. The highest BCUT2D eigenvalue weighted by molar-refractivity contribution is 7.17. The number of fused-ring (bicyclic) bond motifs is 1. The fourth-order valence-corrected chi connectivity index (χ4v) is 5.92. The van der Waals surface area contributed by atoms with Gasteiger partial charge in [0.1, 0.15) is 17.2 Å². The molecule has 0 aromatic carbocycles. The van der Waals surface area contributed by atoms with E-state index >= 15 is 0 Å². The lowest BCUT2D eigenvalue weighted by Crippen LogP contribution is -2.36. The SMILES string of the molecule is O=C1NCCOc2sc(-c3nc(Nc4nn(C5CCN(C6CC6)CC5)cc4Cl)ncc3C(F)(F)F)cc21. The number of anilines is 2. The van der Waals surface area contributed by atoms with E-state index in [0.29, 0.717) is 11.6 Å². The first kappa shape index (κ1) is 24.4. The van der Waals surface area contributed by atoms with Gasteiger partial charge in [0, 0.05) is 31.5 Å². The van der Waals surface area contributed by atoms with E-state index in [1.54, 1.807) is 6.20 Å². The second-order valence-electron chi connectivity index (χ2n) is 9.30. The summed E-state index contributed by atoms with van der Waals surface area (Å²) in [6.07, 6.45) is 2.19. The third kappa shape index (κ3) is 4.99. The molecule has 2 aliphatic heterocycles. The molecule has 0 bridgehead atoms. The number of carbonyl (C=O) groups is 1. The summed E-state index contributed by atoms with van der Waals surface area (Å²) >= 11 is 7.35. The minimum Gasteiger partial charge on any atom is -0.481 e. The lowest BCUT2D eigenvalue weighted by atomic mass is 10.1. The zero-order valence-electron chi connectivity index (χ0n) is 19.5. The Morgan fingerprint density at radius 3 is 2.70 bits per heavy atom. The second kappa shape index (κ2) is 9.44. The lowest BCUT2D eigenvalue weighted by molar-refractivity contribution is -0.137.